The molecule has 0 aliphatic carbocycles. The Kier molecular flexibility index (Phi) is 3.11. The van der Waals surface area contributed by atoms with E-state index in [1.807, 2.05) is 42.8 Å². The van der Waals surface area contributed by atoms with Gasteiger partial charge in [-0.05, 0) is 38.5 Å². The number of rotatable bonds is 2. The second-order valence-corrected chi connectivity index (χ2v) is 4.65. The molecule has 2 rings (SSSR count). The van der Waals surface area contributed by atoms with E-state index in [1.54, 1.807) is 0 Å². The molecule has 0 saturated carbocycles. The Labute approximate surface area is 106 Å². The molecule has 1 unspecified atom stereocenters. The standard InChI is InChI=1S/C13H16ClN3/c1-8-13(14)10(3)17(16-8)9(2)11-4-6-12(15)7-5-11/h4-7,9H,15H2,1-3H3. The Morgan fingerprint density at radius 1 is 1.24 bits per heavy atom. The molecule has 1 aromatic carbocycles. The van der Waals surface area contributed by atoms with Gasteiger partial charge < -0.3 is 5.73 Å². The Bertz CT molecular complexity index is 528. The van der Waals surface area contributed by atoms with Crippen LogP contribution in [0, 0.1) is 13.8 Å². The van der Waals surface area contributed by atoms with Crippen molar-refractivity contribution in [2.75, 3.05) is 5.73 Å². The highest BCUT2D eigenvalue weighted by atomic mass is 35.5. The lowest BCUT2D eigenvalue weighted by molar-refractivity contribution is 0.546. The van der Waals surface area contributed by atoms with Crippen LogP contribution in [0.4, 0.5) is 5.69 Å². The Morgan fingerprint density at radius 3 is 2.29 bits per heavy atom. The smallest absolute Gasteiger partial charge is 0.0844 e. The van der Waals surface area contributed by atoms with E-state index in [0.29, 0.717) is 0 Å². The lowest BCUT2D eigenvalue weighted by Crippen LogP contribution is -2.10. The van der Waals surface area contributed by atoms with E-state index in [4.69, 9.17) is 17.3 Å². The molecule has 0 fully saturated rings. The van der Waals surface area contributed by atoms with E-state index in [2.05, 4.69) is 12.0 Å². The number of halogens is 1. The maximum atomic E-state index is 6.15. The second kappa shape index (κ2) is 4.41. The molecule has 1 heterocycles. The van der Waals surface area contributed by atoms with Crippen LogP contribution in [-0.2, 0) is 0 Å². The van der Waals surface area contributed by atoms with Crippen LogP contribution in [0.3, 0.4) is 0 Å². The fraction of sp³-hybridized carbons (Fsp3) is 0.308. The number of nitrogen functional groups attached to an aromatic ring is 1. The summed E-state index contributed by atoms with van der Waals surface area (Å²) < 4.78 is 1.95. The number of hydrogen-bond acceptors (Lipinski definition) is 2. The quantitative estimate of drug-likeness (QED) is 0.830. The predicted octanol–water partition coefficient (Wildman–Crippen LogP) is 3.34. The normalized spacial score (nSPS) is 12.7. The molecule has 0 amide bonds. The Hall–Kier alpha value is -1.48. The van der Waals surface area contributed by atoms with Crippen LogP contribution in [0.2, 0.25) is 5.02 Å². The van der Waals surface area contributed by atoms with Gasteiger partial charge in [-0.25, -0.2) is 0 Å². The molecule has 4 heteroatoms. The minimum absolute atomic E-state index is 0.154. The zero-order chi connectivity index (χ0) is 12.6. The molecule has 0 aliphatic rings. The third kappa shape index (κ3) is 2.15. The van der Waals surface area contributed by atoms with Gasteiger partial charge >= 0.3 is 0 Å². The molecule has 0 aliphatic heterocycles. The molecular formula is C13H16ClN3. The largest absolute Gasteiger partial charge is 0.399 e. The van der Waals surface area contributed by atoms with Crippen LogP contribution in [-0.4, -0.2) is 9.78 Å². The van der Waals surface area contributed by atoms with Crippen molar-refractivity contribution >= 4 is 17.3 Å². The van der Waals surface area contributed by atoms with Crippen LogP contribution < -0.4 is 5.73 Å². The van der Waals surface area contributed by atoms with E-state index >= 15 is 0 Å². The predicted molar refractivity (Wildman–Crippen MR) is 71.4 cm³/mol. The van der Waals surface area contributed by atoms with E-state index < -0.39 is 0 Å². The topological polar surface area (TPSA) is 43.8 Å². The fourth-order valence-electron chi connectivity index (χ4n) is 1.94. The number of nitrogens with zero attached hydrogens (tertiary/aromatic N) is 2. The van der Waals surface area contributed by atoms with Crippen molar-refractivity contribution in [1.29, 1.82) is 0 Å². The summed E-state index contributed by atoms with van der Waals surface area (Å²) in [6.07, 6.45) is 0. The molecule has 0 radical (unpaired) electrons. The molecule has 0 bridgehead atoms. The number of hydrogen-bond donors (Lipinski definition) is 1. The van der Waals surface area contributed by atoms with Crippen molar-refractivity contribution in [1.82, 2.24) is 9.78 Å². The van der Waals surface area contributed by atoms with Crippen molar-refractivity contribution < 1.29 is 0 Å². The summed E-state index contributed by atoms with van der Waals surface area (Å²) in [6.45, 7) is 6.00. The SMILES string of the molecule is Cc1nn(C(C)c2ccc(N)cc2)c(C)c1Cl. The van der Waals surface area contributed by atoms with E-state index in [1.165, 1.54) is 5.56 Å². The van der Waals surface area contributed by atoms with Gasteiger partial charge in [0.05, 0.1) is 22.5 Å². The number of anilines is 1. The van der Waals surface area contributed by atoms with Gasteiger partial charge in [0.15, 0.2) is 0 Å². The average molecular weight is 250 g/mol. The van der Waals surface area contributed by atoms with Gasteiger partial charge in [-0.15, -0.1) is 0 Å². The minimum atomic E-state index is 0.154. The van der Waals surface area contributed by atoms with Gasteiger partial charge in [0, 0.05) is 5.69 Å². The number of aromatic nitrogens is 2. The molecule has 0 saturated heterocycles. The first-order valence-corrected chi connectivity index (χ1v) is 5.95. The van der Waals surface area contributed by atoms with Gasteiger partial charge in [-0.2, -0.15) is 5.10 Å². The van der Waals surface area contributed by atoms with Crippen molar-refractivity contribution in [3.8, 4) is 0 Å². The number of nitrogens with two attached hydrogens (primary N) is 1. The third-order valence-electron chi connectivity index (χ3n) is 3.02. The minimum Gasteiger partial charge on any atom is -0.399 e. The summed E-state index contributed by atoms with van der Waals surface area (Å²) >= 11 is 6.15. The highest BCUT2D eigenvalue weighted by Gasteiger charge is 2.15. The third-order valence-corrected chi connectivity index (χ3v) is 3.57. The zero-order valence-electron chi connectivity index (χ0n) is 10.2. The summed E-state index contributed by atoms with van der Waals surface area (Å²) in [5, 5.41) is 5.20. The molecule has 17 heavy (non-hydrogen) atoms. The molecule has 1 aromatic heterocycles. The van der Waals surface area contributed by atoms with Gasteiger partial charge in [0.1, 0.15) is 0 Å². The number of aryl methyl sites for hydroxylation is 1. The fourth-order valence-corrected chi connectivity index (χ4v) is 2.06. The lowest BCUT2D eigenvalue weighted by Gasteiger charge is -2.15. The van der Waals surface area contributed by atoms with Gasteiger partial charge in [0.25, 0.3) is 0 Å². The molecule has 1 atom stereocenters. The Balaban J connectivity index is 2.40. The van der Waals surface area contributed by atoms with Crippen molar-refractivity contribution in [3.63, 3.8) is 0 Å². The number of benzene rings is 1. The van der Waals surface area contributed by atoms with Crippen molar-refractivity contribution in [2.24, 2.45) is 0 Å². The summed E-state index contributed by atoms with van der Waals surface area (Å²) in [6, 6.07) is 7.99. The molecule has 2 N–H and O–H groups in total. The summed E-state index contributed by atoms with van der Waals surface area (Å²) in [5.41, 5.74) is 9.48. The van der Waals surface area contributed by atoms with Crippen LogP contribution in [0.15, 0.2) is 24.3 Å². The van der Waals surface area contributed by atoms with Gasteiger partial charge in [0.2, 0.25) is 0 Å². The van der Waals surface area contributed by atoms with E-state index in [9.17, 15) is 0 Å². The van der Waals surface area contributed by atoms with Crippen LogP contribution in [0.5, 0.6) is 0 Å². The average Bonchev–Trinajstić information content (AvgIpc) is 2.57. The molecule has 90 valence electrons. The maximum absolute atomic E-state index is 6.15. The highest BCUT2D eigenvalue weighted by Crippen LogP contribution is 2.26. The first kappa shape index (κ1) is 12.0. The van der Waals surface area contributed by atoms with Crippen LogP contribution in [0.25, 0.3) is 0 Å². The summed E-state index contributed by atoms with van der Waals surface area (Å²) in [4.78, 5) is 0. The Morgan fingerprint density at radius 2 is 1.82 bits per heavy atom. The zero-order valence-corrected chi connectivity index (χ0v) is 11.0. The lowest BCUT2D eigenvalue weighted by atomic mass is 10.1. The molecule has 2 aromatic rings. The van der Waals surface area contributed by atoms with Crippen LogP contribution in [0.1, 0.15) is 29.9 Å². The van der Waals surface area contributed by atoms with E-state index in [-0.39, 0.29) is 6.04 Å². The monoisotopic (exact) mass is 249 g/mol. The first-order chi connectivity index (χ1) is 8.00. The van der Waals surface area contributed by atoms with Crippen molar-refractivity contribution in [3.05, 3.63) is 46.2 Å². The first-order valence-electron chi connectivity index (χ1n) is 5.57. The van der Waals surface area contributed by atoms with Gasteiger partial charge in [-0.3, -0.25) is 4.68 Å². The van der Waals surface area contributed by atoms with E-state index in [0.717, 1.165) is 22.1 Å². The molecular weight excluding hydrogens is 234 g/mol. The molecule has 0 spiro atoms. The highest BCUT2D eigenvalue weighted by molar-refractivity contribution is 6.31. The van der Waals surface area contributed by atoms with Crippen LogP contribution >= 0.6 is 11.6 Å². The summed E-state index contributed by atoms with van der Waals surface area (Å²) in [7, 11) is 0. The second-order valence-electron chi connectivity index (χ2n) is 4.27. The maximum Gasteiger partial charge on any atom is 0.0844 e. The molecule has 3 nitrogen and oxygen atoms in total. The van der Waals surface area contributed by atoms with Crippen molar-refractivity contribution in [2.45, 2.75) is 26.8 Å². The summed E-state index contributed by atoms with van der Waals surface area (Å²) in [5.74, 6) is 0. The van der Waals surface area contributed by atoms with Gasteiger partial charge in [-0.1, -0.05) is 23.7 Å².